The summed E-state index contributed by atoms with van der Waals surface area (Å²) in [6, 6.07) is 40.6. The minimum Gasteiger partial charge on any atom is -0.494 e. The smallest absolute Gasteiger partial charge is 0.343 e. The maximum atomic E-state index is 13.7. The van der Waals surface area contributed by atoms with Crippen LogP contribution in [0.3, 0.4) is 0 Å². The standard InChI is InChI=1S/C73H66N2O18/c1-4-65(76)87-39-13-9-7-11-37-84-52-23-27-54(28-24-52)90-70(79)48-15-19-50(20-16-48)72(81)92-57-31-34-59-60-35-32-58(46-62(60)69-68(61(59)45-57)74-63-36-33-56(47-64(63)75-69)86-43-41-83-42-44-89-67(78)6-3)93-73(82)51-21-17-49(18-22-51)71(80)91-55-29-25-53(26-30-55)85-38-12-8-10-14-40-88-66(77)5-2/h4-6,15-36,45-47H,1-3,7-14,37-44H2. The van der Waals surface area contributed by atoms with Crippen LogP contribution in [0.25, 0.3) is 43.6 Å². The Labute approximate surface area is 535 Å². The summed E-state index contributed by atoms with van der Waals surface area (Å²) in [7, 11) is 0. The molecule has 0 amide bonds. The van der Waals surface area contributed by atoms with Crippen molar-refractivity contribution in [3.05, 3.63) is 212 Å². The third-order valence-electron chi connectivity index (χ3n) is 14.2. The Bertz CT molecular complexity index is 4170. The Hall–Kier alpha value is -11.3. The monoisotopic (exact) mass is 1260 g/mol. The van der Waals surface area contributed by atoms with Crippen molar-refractivity contribution in [2.45, 2.75) is 51.4 Å². The molecule has 0 aliphatic carbocycles. The van der Waals surface area contributed by atoms with Crippen molar-refractivity contribution in [3.8, 4) is 40.2 Å². The predicted molar refractivity (Wildman–Crippen MR) is 345 cm³/mol. The number of carbonyl (C=O) groups is 7. The van der Waals surface area contributed by atoms with Crippen LogP contribution in [-0.2, 0) is 33.3 Å². The fourth-order valence-corrected chi connectivity index (χ4v) is 9.43. The van der Waals surface area contributed by atoms with Crippen LogP contribution in [0.1, 0.15) is 92.8 Å². The number of benzene rings is 8. The van der Waals surface area contributed by atoms with E-state index >= 15 is 0 Å². The van der Waals surface area contributed by atoms with Crippen LogP contribution in [0.2, 0.25) is 0 Å². The molecule has 0 radical (unpaired) electrons. The van der Waals surface area contributed by atoms with E-state index in [1.807, 2.05) is 0 Å². The Balaban J connectivity index is 0.853. The maximum Gasteiger partial charge on any atom is 0.343 e. The second-order valence-corrected chi connectivity index (χ2v) is 20.7. The van der Waals surface area contributed by atoms with Crippen molar-refractivity contribution in [1.29, 1.82) is 0 Å². The van der Waals surface area contributed by atoms with Crippen molar-refractivity contribution in [2.75, 3.05) is 52.9 Å². The molecule has 0 aliphatic rings. The molecule has 20 nitrogen and oxygen atoms in total. The van der Waals surface area contributed by atoms with E-state index in [1.165, 1.54) is 48.5 Å². The van der Waals surface area contributed by atoms with E-state index in [0.717, 1.165) is 75.0 Å². The average Bonchev–Trinajstić information content (AvgIpc) is 0.734. The fourth-order valence-electron chi connectivity index (χ4n) is 9.43. The van der Waals surface area contributed by atoms with Gasteiger partial charge in [0.15, 0.2) is 0 Å². The molecule has 0 bridgehead atoms. The van der Waals surface area contributed by atoms with E-state index in [-0.39, 0.29) is 60.2 Å². The first-order valence-electron chi connectivity index (χ1n) is 30.1. The molecule has 93 heavy (non-hydrogen) atoms. The van der Waals surface area contributed by atoms with Crippen molar-refractivity contribution in [2.24, 2.45) is 0 Å². The van der Waals surface area contributed by atoms with E-state index in [4.69, 9.17) is 62.1 Å². The Kier molecular flexibility index (Phi) is 23.9. The highest BCUT2D eigenvalue weighted by molar-refractivity contribution is 6.24. The minimum atomic E-state index is -0.693. The quantitative estimate of drug-likeness (QED) is 0.00691. The van der Waals surface area contributed by atoms with E-state index in [9.17, 15) is 33.6 Å². The van der Waals surface area contributed by atoms with Gasteiger partial charge in [-0.25, -0.2) is 43.5 Å². The van der Waals surface area contributed by atoms with Crippen LogP contribution in [0.15, 0.2) is 190 Å². The van der Waals surface area contributed by atoms with Gasteiger partial charge in [0, 0.05) is 35.1 Å². The van der Waals surface area contributed by atoms with Crippen LogP contribution in [-0.4, -0.2) is 105 Å². The number of aromatic nitrogens is 2. The molecule has 0 saturated carbocycles. The number of fused-ring (bicyclic) bond motifs is 7. The van der Waals surface area contributed by atoms with Crippen molar-refractivity contribution in [1.82, 2.24) is 9.97 Å². The second-order valence-electron chi connectivity index (χ2n) is 20.7. The molecular formula is C73H66N2O18. The van der Waals surface area contributed by atoms with Crippen molar-refractivity contribution < 1.29 is 85.7 Å². The molecule has 9 rings (SSSR count). The number of unbranched alkanes of at least 4 members (excludes halogenated alkanes) is 6. The molecule has 8 aromatic carbocycles. The lowest BCUT2D eigenvalue weighted by Crippen LogP contribution is -2.12. The number of nitrogens with zero attached hydrogens (tertiary/aromatic N) is 2. The van der Waals surface area contributed by atoms with Gasteiger partial charge in [0.05, 0.1) is 84.0 Å². The third kappa shape index (κ3) is 19.1. The van der Waals surface area contributed by atoms with E-state index in [1.54, 1.807) is 103 Å². The van der Waals surface area contributed by atoms with Gasteiger partial charge in [0.1, 0.15) is 53.5 Å². The van der Waals surface area contributed by atoms with Gasteiger partial charge in [-0.1, -0.05) is 19.7 Å². The lowest BCUT2D eigenvalue weighted by molar-refractivity contribution is -0.139. The summed E-state index contributed by atoms with van der Waals surface area (Å²) in [5.74, 6) is -1.33. The fraction of sp³-hybridized carbons (Fsp3) is 0.219. The number of hydrogen-bond donors (Lipinski definition) is 0. The lowest BCUT2D eigenvalue weighted by Gasteiger charge is -2.14. The number of esters is 7. The van der Waals surface area contributed by atoms with Crippen LogP contribution >= 0.6 is 0 Å². The SMILES string of the molecule is C=CC(=O)OCCCCCCOc1ccc(OC(=O)c2ccc(C(=O)Oc3ccc4c5ccc(OC(=O)c6ccc(C(=O)Oc7ccc(OCCCCCCOC(=O)C=C)cc7)cc6)cc5c5nc6cc(OCCOCCOC(=O)C=C)ccc6nc5c4c3)cc2)cc1. The second kappa shape index (κ2) is 33.5. The molecule has 20 heteroatoms. The van der Waals surface area contributed by atoms with Crippen molar-refractivity contribution in [3.63, 3.8) is 0 Å². The van der Waals surface area contributed by atoms with Gasteiger partial charge in [-0.2, -0.15) is 0 Å². The number of hydrogen-bond acceptors (Lipinski definition) is 20. The summed E-state index contributed by atoms with van der Waals surface area (Å²) in [6.45, 7) is 12.5. The van der Waals surface area contributed by atoms with Gasteiger partial charge < -0.3 is 52.1 Å². The summed E-state index contributed by atoms with van der Waals surface area (Å²) in [5, 5.41) is 2.61. The van der Waals surface area contributed by atoms with E-state index in [2.05, 4.69) is 19.7 Å². The highest BCUT2D eigenvalue weighted by Gasteiger charge is 2.20. The first kappa shape index (κ1) is 66.2. The Morgan fingerprint density at radius 2 is 0.634 bits per heavy atom. The van der Waals surface area contributed by atoms with Crippen molar-refractivity contribution >= 4 is 85.4 Å². The van der Waals surface area contributed by atoms with E-state index in [0.29, 0.717) is 93.4 Å². The summed E-state index contributed by atoms with van der Waals surface area (Å²) >= 11 is 0. The summed E-state index contributed by atoms with van der Waals surface area (Å²) in [6.07, 6.45) is 10.1. The van der Waals surface area contributed by atoms with Crippen LogP contribution < -0.4 is 33.2 Å². The predicted octanol–water partition coefficient (Wildman–Crippen LogP) is 13.4. The normalized spacial score (nSPS) is 10.9. The molecule has 0 N–H and O–H groups in total. The first-order chi connectivity index (χ1) is 45.3. The zero-order chi connectivity index (χ0) is 65.3. The van der Waals surface area contributed by atoms with Gasteiger partial charge in [0.2, 0.25) is 0 Å². The molecule has 1 aromatic heterocycles. The lowest BCUT2D eigenvalue weighted by atomic mass is 9.98. The highest BCUT2D eigenvalue weighted by Crippen LogP contribution is 2.38. The molecule has 1 heterocycles. The molecular weight excluding hydrogens is 1190 g/mol. The van der Waals surface area contributed by atoms with Crippen LogP contribution in [0.5, 0.6) is 40.2 Å². The van der Waals surface area contributed by atoms with Crippen LogP contribution in [0.4, 0.5) is 0 Å². The third-order valence-corrected chi connectivity index (χ3v) is 14.2. The molecule has 476 valence electrons. The molecule has 0 fully saturated rings. The Morgan fingerprint density at radius 1 is 0.301 bits per heavy atom. The summed E-state index contributed by atoms with van der Waals surface area (Å²) < 4.78 is 61.1. The molecule has 9 aromatic rings. The number of ether oxygens (including phenoxy) is 11. The van der Waals surface area contributed by atoms with Gasteiger partial charge in [-0.3, -0.25) is 0 Å². The average molecular weight is 1260 g/mol. The topological polar surface area (TPSA) is 247 Å². The maximum absolute atomic E-state index is 13.7. The van der Waals surface area contributed by atoms with Gasteiger partial charge in [-0.15, -0.1) is 0 Å². The molecule has 0 spiro atoms. The molecule has 0 unspecified atom stereocenters. The Morgan fingerprint density at radius 3 is 1.05 bits per heavy atom. The zero-order valence-electron chi connectivity index (χ0n) is 50.8. The summed E-state index contributed by atoms with van der Waals surface area (Å²) in [5.41, 5.74) is 2.62. The highest BCUT2D eigenvalue weighted by atomic mass is 16.6. The molecule has 0 saturated heterocycles. The van der Waals surface area contributed by atoms with Gasteiger partial charge in [-0.05, 0) is 208 Å². The molecule has 0 aliphatic heterocycles. The molecule has 0 atom stereocenters. The number of rotatable bonds is 34. The van der Waals surface area contributed by atoms with Gasteiger partial charge in [0.25, 0.3) is 0 Å². The first-order valence-corrected chi connectivity index (χ1v) is 30.1. The summed E-state index contributed by atoms with van der Waals surface area (Å²) in [4.78, 5) is 97.6. The number of carbonyl (C=O) groups excluding carboxylic acids is 7. The largest absolute Gasteiger partial charge is 0.494 e. The zero-order valence-corrected chi connectivity index (χ0v) is 50.8. The van der Waals surface area contributed by atoms with Crippen LogP contribution in [0, 0.1) is 0 Å². The minimum absolute atomic E-state index is 0.0649. The van der Waals surface area contributed by atoms with E-state index < -0.39 is 41.8 Å². The van der Waals surface area contributed by atoms with Gasteiger partial charge >= 0.3 is 41.8 Å².